The summed E-state index contributed by atoms with van der Waals surface area (Å²) in [5.74, 6) is 1.12. The molecule has 4 nitrogen and oxygen atoms in total. The molecule has 0 saturated heterocycles. The third-order valence-electron chi connectivity index (χ3n) is 1.70. The highest BCUT2D eigenvalue weighted by molar-refractivity contribution is 6.28. The van der Waals surface area contributed by atoms with E-state index in [4.69, 9.17) is 17.3 Å². The number of nitrogen functional groups attached to an aromatic ring is 1. The van der Waals surface area contributed by atoms with Crippen LogP contribution in [-0.2, 0) is 0 Å². The number of aromatic nitrogens is 3. The first-order valence-corrected chi connectivity index (χ1v) is 4.18. The minimum absolute atomic E-state index is 0.165. The molecule has 66 valence electrons. The van der Waals surface area contributed by atoms with Crippen LogP contribution in [0.4, 0.5) is 5.95 Å². The standard InChI is InChI=1S/C7H11ClN4/c1-3-4(2)5-10-6(8)12-7(9)11-5/h4H,3H2,1-2H3,(H2,9,10,11,12). The third-order valence-corrected chi connectivity index (χ3v) is 1.86. The summed E-state index contributed by atoms with van der Waals surface area (Å²) in [7, 11) is 0. The zero-order chi connectivity index (χ0) is 9.14. The van der Waals surface area contributed by atoms with Gasteiger partial charge in [0, 0.05) is 5.92 Å². The quantitative estimate of drug-likeness (QED) is 0.763. The minimum atomic E-state index is 0.165. The van der Waals surface area contributed by atoms with Gasteiger partial charge in [-0.25, -0.2) is 4.98 Å². The Hall–Kier alpha value is -0.900. The predicted octanol–water partition coefficient (Wildman–Crippen LogP) is 1.62. The molecule has 1 atom stereocenters. The van der Waals surface area contributed by atoms with Crippen molar-refractivity contribution in [1.29, 1.82) is 0 Å². The summed E-state index contributed by atoms with van der Waals surface area (Å²) in [6.07, 6.45) is 0.958. The van der Waals surface area contributed by atoms with E-state index < -0.39 is 0 Å². The summed E-state index contributed by atoms with van der Waals surface area (Å²) in [6, 6.07) is 0. The van der Waals surface area contributed by atoms with Crippen LogP contribution in [0.1, 0.15) is 32.0 Å². The highest BCUT2D eigenvalue weighted by Crippen LogP contribution is 2.15. The monoisotopic (exact) mass is 186 g/mol. The molecular formula is C7H11ClN4. The van der Waals surface area contributed by atoms with Gasteiger partial charge in [-0.05, 0) is 18.0 Å². The molecule has 1 heterocycles. The molecule has 0 radical (unpaired) electrons. The van der Waals surface area contributed by atoms with E-state index in [1.807, 2.05) is 6.92 Å². The Morgan fingerprint density at radius 1 is 1.42 bits per heavy atom. The summed E-state index contributed by atoms with van der Waals surface area (Å²) in [5, 5.41) is 0.165. The lowest BCUT2D eigenvalue weighted by atomic mass is 10.1. The zero-order valence-electron chi connectivity index (χ0n) is 7.08. The summed E-state index contributed by atoms with van der Waals surface area (Å²) in [5.41, 5.74) is 5.41. The average Bonchev–Trinajstić information content (AvgIpc) is 2.01. The van der Waals surface area contributed by atoms with E-state index in [2.05, 4.69) is 21.9 Å². The van der Waals surface area contributed by atoms with Gasteiger partial charge in [0.1, 0.15) is 5.82 Å². The van der Waals surface area contributed by atoms with Crippen molar-refractivity contribution in [2.75, 3.05) is 5.73 Å². The summed E-state index contributed by atoms with van der Waals surface area (Å²) >= 11 is 5.61. The van der Waals surface area contributed by atoms with Gasteiger partial charge in [0.2, 0.25) is 11.2 Å². The van der Waals surface area contributed by atoms with E-state index in [1.54, 1.807) is 0 Å². The molecule has 0 bridgehead atoms. The van der Waals surface area contributed by atoms with Gasteiger partial charge < -0.3 is 5.73 Å². The van der Waals surface area contributed by atoms with Crippen LogP contribution < -0.4 is 5.73 Å². The maximum Gasteiger partial charge on any atom is 0.227 e. The van der Waals surface area contributed by atoms with Gasteiger partial charge >= 0.3 is 0 Å². The minimum Gasteiger partial charge on any atom is -0.368 e. The smallest absolute Gasteiger partial charge is 0.227 e. The van der Waals surface area contributed by atoms with Gasteiger partial charge in [-0.2, -0.15) is 9.97 Å². The number of nitrogens with two attached hydrogens (primary N) is 1. The van der Waals surface area contributed by atoms with Crippen LogP contribution in [-0.4, -0.2) is 15.0 Å². The third kappa shape index (κ3) is 2.04. The molecule has 1 rings (SSSR count). The fourth-order valence-electron chi connectivity index (χ4n) is 0.784. The van der Waals surface area contributed by atoms with Crippen LogP contribution >= 0.6 is 11.6 Å². The summed E-state index contributed by atoms with van der Waals surface area (Å²) in [4.78, 5) is 11.6. The molecule has 0 aliphatic rings. The van der Waals surface area contributed by atoms with Crippen LogP contribution in [0.2, 0.25) is 5.28 Å². The second-order valence-electron chi connectivity index (χ2n) is 2.63. The number of hydrogen-bond acceptors (Lipinski definition) is 4. The Morgan fingerprint density at radius 2 is 2.08 bits per heavy atom. The van der Waals surface area contributed by atoms with Gasteiger partial charge in [0.25, 0.3) is 0 Å². The summed E-state index contributed by atoms with van der Waals surface area (Å²) in [6.45, 7) is 4.07. The molecule has 0 spiro atoms. The first-order valence-electron chi connectivity index (χ1n) is 3.80. The number of nitrogens with zero attached hydrogens (tertiary/aromatic N) is 3. The highest BCUT2D eigenvalue weighted by Gasteiger charge is 2.08. The van der Waals surface area contributed by atoms with Crippen LogP contribution in [0, 0.1) is 0 Å². The van der Waals surface area contributed by atoms with E-state index in [1.165, 1.54) is 0 Å². The first kappa shape index (κ1) is 9.19. The Kier molecular flexibility index (Phi) is 2.81. The van der Waals surface area contributed by atoms with E-state index in [9.17, 15) is 0 Å². The molecule has 0 aliphatic heterocycles. The second kappa shape index (κ2) is 3.67. The topological polar surface area (TPSA) is 64.7 Å². The van der Waals surface area contributed by atoms with Crippen molar-refractivity contribution in [3.05, 3.63) is 11.1 Å². The van der Waals surface area contributed by atoms with Crippen molar-refractivity contribution in [2.24, 2.45) is 0 Å². The van der Waals surface area contributed by atoms with Crippen molar-refractivity contribution in [1.82, 2.24) is 15.0 Å². The molecule has 0 saturated carbocycles. The van der Waals surface area contributed by atoms with Gasteiger partial charge in [-0.3, -0.25) is 0 Å². The molecule has 1 unspecified atom stereocenters. The fourth-order valence-corrected chi connectivity index (χ4v) is 0.958. The second-order valence-corrected chi connectivity index (χ2v) is 2.97. The Balaban J connectivity index is 3.00. The summed E-state index contributed by atoms with van der Waals surface area (Å²) < 4.78 is 0. The van der Waals surface area contributed by atoms with Crippen LogP contribution in [0.15, 0.2) is 0 Å². The lowest BCUT2D eigenvalue weighted by molar-refractivity contribution is 0.674. The average molecular weight is 187 g/mol. The maximum atomic E-state index is 5.61. The lowest BCUT2D eigenvalue weighted by Crippen LogP contribution is -2.05. The molecule has 1 aromatic rings. The van der Waals surface area contributed by atoms with Crippen LogP contribution in [0.5, 0.6) is 0 Å². The van der Waals surface area contributed by atoms with Crippen molar-refractivity contribution in [3.8, 4) is 0 Å². The lowest BCUT2D eigenvalue weighted by Gasteiger charge is -2.06. The van der Waals surface area contributed by atoms with E-state index >= 15 is 0 Å². The maximum absolute atomic E-state index is 5.61. The Labute approximate surface area is 76.2 Å². The van der Waals surface area contributed by atoms with Crippen molar-refractivity contribution < 1.29 is 0 Å². The molecule has 0 aromatic carbocycles. The predicted molar refractivity (Wildman–Crippen MR) is 48.0 cm³/mol. The number of anilines is 1. The van der Waals surface area contributed by atoms with Crippen molar-refractivity contribution >= 4 is 17.5 Å². The molecule has 0 aliphatic carbocycles. The zero-order valence-corrected chi connectivity index (χ0v) is 7.84. The number of rotatable bonds is 2. The highest BCUT2D eigenvalue weighted by atomic mass is 35.5. The molecule has 0 fully saturated rings. The largest absolute Gasteiger partial charge is 0.368 e. The van der Waals surface area contributed by atoms with E-state index in [-0.39, 0.29) is 17.1 Å². The molecule has 1 aromatic heterocycles. The van der Waals surface area contributed by atoms with E-state index in [0.29, 0.717) is 5.82 Å². The van der Waals surface area contributed by atoms with Gasteiger partial charge in [-0.1, -0.05) is 13.8 Å². The molecule has 2 N–H and O–H groups in total. The van der Waals surface area contributed by atoms with Gasteiger partial charge in [-0.15, -0.1) is 0 Å². The fraction of sp³-hybridized carbons (Fsp3) is 0.571. The number of halogens is 1. The molecule has 12 heavy (non-hydrogen) atoms. The Bertz CT molecular complexity index is 256. The van der Waals surface area contributed by atoms with Gasteiger partial charge in [0.05, 0.1) is 0 Å². The molecular weight excluding hydrogens is 176 g/mol. The first-order chi connectivity index (χ1) is 5.63. The van der Waals surface area contributed by atoms with Crippen LogP contribution in [0.25, 0.3) is 0 Å². The Morgan fingerprint density at radius 3 is 2.58 bits per heavy atom. The van der Waals surface area contributed by atoms with Crippen LogP contribution in [0.3, 0.4) is 0 Å². The molecule has 0 amide bonds. The SMILES string of the molecule is CCC(C)c1nc(N)nc(Cl)n1. The van der Waals surface area contributed by atoms with Crippen molar-refractivity contribution in [3.63, 3.8) is 0 Å². The van der Waals surface area contributed by atoms with E-state index in [0.717, 1.165) is 6.42 Å². The normalized spacial score (nSPS) is 12.9. The molecule has 5 heteroatoms. The number of hydrogen-bond donors (Lipinski definition) is 1. The van der Waals surface area contributed by atoms with Crippen molar-refractivity contribution in [2.45, 2.75) is 26.2 Å². The van der Waals surface area contributed by atoms with Gasteiger partial charge in [0.15, 0.2) is 0 Å².